The van der Waals surface area contributed by atoms with Crippen LogP contribution in [0.15, 0.2) is 36.4 Å². The summed E-state index contributed by atoms with van der Waals surface area (Å²) < 4.78 is 5.78. The maximum atomic E-state index is 11.8. The highest BCUT2D eigenvalue weighted by Gasteiger charge is 2.23. The van der Waals surface area contributed by atoms with E-state index in [2.05, 4.69) is 5.43 Å². The number of carbonyl (C=O) groups excluding carboxylic acids is 1. The maximum absolute atomic E-state index is 11.8. The first kappa shape index (κ1) is 12.0. The zero-order chi connectivity index (χ0) is 13.2. The van der Waals surface area contributed by atoms with Crippen molar-refractivity contribution in [3.63, 3.8) is 0 Å². The van der Waals surface area contributed by atoms with Crippen molar-refractivity contribution >= 4 is 16.7 Å². The van der Waals surface area contributed by atoms with Crippen LogP contribution in [0.5, 0.6) is 5.75 Å². The molecule has 1 saturated carbocycles. The van der Waals surface area contributed by atoms with E-state index in [4.69, 9.17) is 10.6 Å². The lowest BCUT2D eigenvalue weighted by Crippen LogP contribution is -2.30. The van der Waals surface area contributed by atoms with Crippen LogP contribution in [0.25, 0.3) is 10.8 Å². The number of hydrogen-bond acceptors (Lipinski definition) is 3. The summed E-state index contributed by atoms with van der Waals surface area (Å²) >= 11 is 0. The van der Waals surface area contributed by atoms with E-state index in [-0.39, 0.29) is 5.91 Å². The topological polar surface area (TPSA) is 64.3 Å². The number of carbonyl (C=O) groups is 1. The molecule has 98 valence electrons. The first-order chi connectivity index (χ1) is 9.28. The van der Waals surface area contributed by atoms with Gasteiger partial charge in [0.25, 0.3) is 5.91 Å². The molecule has 0 atom stereocenters. The number of nitrogens with two attached hydrogens (primary N) is 1. The van der Waals surface area contributed by atoms with Gasteiger partial charge in [-0.15, -0.1) is 0 Å². The third-order valence-corrected chi connectivity index (χ3v) is 3.40. The predicted molar refractivity (Wildman–Crippen MR) is 73.8 cm³/mol. The van der Waals surface area contributed by atoms with Gasteiger partial charge in [0.05, 0.1) is 12.2 Å². The molecule has 1 aliphatic rings. The minimum Gasteiger partial charge on any atom is -0.492 e. The smallest absolute Gasteiger partial charge is 0.268 e. The van der Waals surface area contributed by atoms with Gasteiger partial charge in [-0.25, -0.2) is 5.84 Å². The molecule has 1 amide bonds. The highest BCUT2D eigenvalue weighted by Crippen LogP contribution is 2.32. The second-order valence-electron chi connectivity index (χ2n) is 4.92. The van der Waals surface area contributed by atoms with E-state index in [1.807, 2.05) is 36.4 Å². The summed E-state index contributed by atoms with van der Waals surface area (Å²) in [5.41, 5.74) is 2.66. The summed E-state index contributed by atoms with van der Waals surface area (Å²) in [6, 6.07) is 11.6. The van der Waals surface area contributed by atoms with Crippen LogP contribution in [0.2, 0.25) is 0 Å². The molecule has 3 N–H and O–H groups in total. The summed E-state index contributed by atoms with van der Waals surface area (Å²) in [7, 11) is 0. The highest BCUT2D eigenvalue weighted by atomic mass is 16.5. The van der Waals surface area contributed by atoms with Gasteiger partial charge in [0.2, 0.25) is 0 Å². The summed E-state index contributed by atoms with van der Waals surface area (Å²) in [5, 5.41) is 2.06. The molecule has 0 aromatic heterocycles. The summed E-state index contributed by atoms with van der Waals surface area (Å²) in [5.74, 6) is 6.15. The molecule has 1 aliphatic carbocycles. The van der Waals surface area contributed by atoms with Gasteiger partial charge in [-0.3, -0.25) is 10.2 Å². The number of nitrogen functional groups attached to an aromatic ring is 1. The molecule has 0 heterocycles. The van der Waals surface area contributed by atoms with Crippen molar-refractivity contribution in [1.82, 2.24) is 5.43 Å². The van der Waals surface area contributed by atoms with Crippen molar-refractivity contribution in [1.29, 1.82) is 0 Å². The van der Waals surface area contributed by atoms with Crippen LogP contribution in [-0.2, 0) is 0 Å². The van der Waals surface area contributed by atoms with Gasteiger partial charge in [0.1, 0.15) is 5.75 Å². The third-order valence-electron chi connectivity index (χ3n) is 3.40. The fourth-order valence-corrected chi connectivity index (χ4v) is 2.09. The van der Waals surface area contributed by atoms with E-state index < -0.39 is 0 Å². The van der Waals surface area contributed by atoms with Crippen LogP contribution in [0.4, 0.5) is 0 Å². The number of hydrazine groups is 1. The Bertz CT molecular complexity index is 621. The SMILES string of the molecule is NNC(=O)c1cc2ccccc2cc1OCC1CC1. The average Bonchev–Trinajstić information content (AvgIpc) is 3.27. The van der Waals surface area contributed by atoms with Gasteiger partial charge < -0.3 is 4.74 Å². The average molecular weight is 256 g/mol. The van der Waals surface area contributed by atoms with Crippen molar-refractivity contribution in [2.45, 2.75) is 12.8 Å². The molecule has 1 fully saturated rings. The van der Waals surface area contributed by atoms with E-state index in [0.29, 0.717) is 23.8 Å². The molecule has 4 heteroatoms. The molecule has 0 unspecified atom stereocenters. The second kappa shape index (κ2) is 4.90. The van der Waals surface area contributed by atoms with Gasteiger partial charge in [-0.05, 0) is 41.7 Å². The molecule has 0 aliphatic heterocycles. The highest BCUT2D eigenvalue weighted by molar-refractivity contribution is 6.01. The zero-order valence-electron chi connectivity index (χ0n) is 10.6. The molecule has 4 nitrogen and oxygen atoms in total. The monoisotopic (exact) mass is 256 g/mol. The van der Waals surface area contributed by atoms with Crippen LogP contribution in [0.1, 0.15) is 23.2 Å². The quantitative estimate of drug-likeness (QED) is 0.501. The lowest BCUT2D eigenvalue weighted by Gasteiger charge is -2.12. The maximum Gasteiger partial charge on any atom is 0.268 e. The summed E-state index contributed by atoms with van der Waals surface area (Å²) in [6.07, 6.45) is 2.43. The van der Waals surface area contributed by atoms with Crippen molar-refractivity contribution in [2.75, 3.05) is 6.61 Å². The number of hydrogen-bond donors (Lipinski definition) is 2. The van der Waals surface area contributed by atoms with Gasteiger partial charge >= 0.3 is 0 Å². The van der Waals surface area contributed by atoms with Crippen LogP contribution >= 0.6 is 0 Å². The third kappa shape index (κ3) is 2.53. The molecule has 0 bridgehead atoms. The number of ether oxygens (including phenoxy) is 1. The fraction of sp³-hybridized carbons (Fsp3) is 0.267. The van der Waals surface area contributed by atoms with Crippen LogP contribution < -0.4 is 16.0 Å². The molecule has 19 heavy (non-hydrogen) atoms. The molecular weight excluding hydrogens is 240 g/mol. The minimum atomic E-state index is -0.323. The fourth-order valence-electron chi connectivity index (χ4n) is 2.09. The Morgan fingerprint density at radius 2 is 1.95 bits per heavy atom. The van der Waals surface area contributed by atoms with Crippen molar-refractivity contribution < 1.29 is 9.53 Å². The van der Waals surface area contributed by atoms with E-state index in [1.54, 1.807) is 0 Å². The number of fused-ring (bicyclic) bond motifs is 1. The Balaban J connectivity index is 2.01. The molecule has 0 spiro atoms. The Morgan fingerprint density at radius 1 is 1.26 bits per heavy atom. The molecular formula is C15H16N2O2. The van der Waals surface area contributed by atoms with Crippen molar-refractivity contribution in [2.24, 2.45) is 11.8 Å². The van der Waals surface area contributed by atoms with E-state index in [9.17, 15) is 4.79 Å². The molecule has 2 aromatic carbocycles. The lowest BCUT2D eigenvalue weighted by molar-refractivity contribution is 0.0949. The first-order valence-electron chi connectivity index (χ1n) is 6.44. The van der Waals surface area contributed by atoms with Crippen LogP contribution in [0, 0.1) is 5.92 Å². The molecule has 3 rings (SSSR count). The first-order valence-corrected chi connectivity index (χ1v) is 6.44. The van der Waals surface area contributed by atoms with Crippen LogP contribution in [-0.4, -0.2) is 12.5 Å². The zero-order valence-corrected chi connectivity index (χ0v) is 10.6. The van der Waals surface area contributed by atoms with E-state index >= 15 is 0 Å². The minimum absolute atomic E-state index is 0.323. The molecule has 0 saturated heterocycles. The van der Waals surface area contributed by atoms with E-state index in [1.165, 1.54) is 12.8 Å². The predicted octanol–water partition coefficient (Wildman–Crippen LogP) is 2.23. The Morgan fingerprint density at radius 3 is 2.58 bits per heavy atom. The largest absolute Gasteiger partial charge is 0.492 e. The van der Waals surface area contributed by atoms with Crippen molar-refractivity contribution in [3.8, 4) is 5.75 Å². The van der Waals surface area contributed by atoms with Gasteiger partial charge in [-0.1, -0.05) is 24.3 Å². The van der Waals surface area contributed by atoms with Gasteiger partial charge in [0, 0.05) is 0 Å². The molecule has 0 radical (unpaired) electrons. The second-order valence-corrected chi connectivity index (χ2v) is 4.92. The number of rotatable bonds is 4. The Hall–Kier alpha value is -2.07. The standard InChI is InChI=1S/C15H16N2O2/c16-17-15(18)13-7-11-3-1-2-4-12(11)8-14(13)19-9-10-5-6-10/h1-4,7-8,10H,5-6,9,16H2,(H,17,18). The number of amides is 1. The summed E-state index contributed by atoms with van der Waals surface area (Å²) in [4.78, 5) is 11.8. The van der Waals surface area contributed by atoms with Gasteiger partial charge in [-0.2, -0.15) is 0 Å². The lowest BCUT2D eigenvalue weighted by atomic mass is 10.1. The molecule has 2 aromatic rings. The summed E-state index contributed by atoms with van der Waals surface area (Å²) in [6.45, 7) is 0.670. The number of nitrogens with one attached hydrogen (secondary N) is 1. The van der Waals surface area contributed by atoms with E-state index in [0.717, 1.165) is 10.8 Å². The van der Waals surface area contributed by atoms with Gasteiger partial charge in [0.15, 0.2) is 0 Å². The normalized spacial score (nSPS) is 14.4. The number of benzene rings is 2. The Labute approximate surface area is 111 Å². The van der Waals surface area contributed by atoms with Crippen LogP contribution in [0.3, 0.4) is 0 Å². The van der Waals surface area contributed by atoms with Crippen molar-refractivity contribution in [3.05, 3.63) is 42.0 Å². The Kier molecular flexibility index (Phi) is 3.09.